The number of hydrogen-bond donors (Lipinski definition) is 2. The van der Waals surface area contributed by atoms with E-state index in [1.54, 1.807) is 36.4 Å². The number of halogens is 1. The maximum absolute atomic E-state index is 13.2. The van der Waals surface area contributed by atoms with Gasteiger partial charge in [-0.1, -0.05) is 30.3 Å². The minimum atomic E-state index is -3.69. The van der Waals surface area contributed by atoms with E-state index in [0.29, 0.717) is 25.7 Å². The summed E-state index contributed by atoms with van der Waals surface area (Å²) >= 11 is 0. The van der Waals surface area contributed by atoms with Crippen molar-refractivity contribution in [2.45, 2.75) is 56.1 Å². The summed E-state index contributed by atoms with van der Waals surface area (Å²) in [4.78, 5) is 19.9. The van der Waals surface area contributed by atoms with Crippen LogP contribution in [0.3, 0.4) is 0 Å². The lowest BCUT2D eigenvalue weighted by Crippen LogP contribution is -2.41. The first-order valence-electron chi connectivity index (χ1n) is 14.2. The van der Waals surface area contributed by atoms with Crippen molar-refractivity contribution in [2.75, 3.05) is 26.3 Å². The Labute approximate surface area is 241 Å². The fraction of sp³-hybridized carbons (Fsp3) is 0.419. The number of morpholine rings is 1. The van der Waals surface area contributed by atoms with Crippen LogP contribution in [-0.4, -0.2) is 56.6 Å². The third-order valence-corrected chi connectivity index (χ3v) is 9.50. The standard InChI is InChI=1S/C31H37FN4O4S/c1-22(23-2-9-27(32)10-3-23)34-31(37)25-4-11-28(12-5-25)35-41(38,39)30-14-7-24(8-15-30)26-6-13-29(33-20-26)21-36-16-18-40-19-17-36/h2-3,6-10,13-15,20,22,25,28,35H,4-5,11-12,16-19,21H2,1H3,(H,34,37)/t22-,25?,28?/m1/s1. The van der Waals surface area contributed by atoms with Gasteiger partial charge in [0.25, 0.3) is 0 Å². The summed E-state index contributed by atoms with van der Waals surface area (Å²) < 4.78 is 47.6. The van der Waals surface area contributed by atoms with Crippen LogP contribution in [0.15, 0.2) is 71.8 Å². The van der Waals surface area contributed by atoms with E-state index >= 15 is 0 Å². The molecule has 0 bridgehead atoms. The number of ether oxygens (including phenoxy) is 1. The number of sulfonamides is 1. The second-order valence-electron chi connectivity index (χ2n) is 10.9. The van der Waals surface area contributed by atoms with Crippen molar-refractivity contribution in [1.82, 2.24) is 19.9 Å². The topological polar surface area (TPSA) is 101 Å². The molecule has 0 spiro atoms. The number of nitrogens with one attached hydrogen (secondary N) is 2. The summed E-state index contributed by atoms with van der Waals surface area (Å²) in [5.41, 5.74) is 3.66. The summed E-state index contributed by atoms with van der Waals surface area (Å²) in [5.74, 6) is -0.541. The average Bonchev–Trinajstić information content (AvgIpc) is 2.98. The summed E-state index contributed by atoms with van der Waals surface area (Å²) in [6.45, 7) is 5.97. The van der Waals surface area contributed by atoms with Crippen molar-refractivity contribution in [1.29, 1.82) is 0 Å². The lowest BCUT2D eigenvalue weighted by Gasteiger charge is -2.29. The van der Waals surface area contributed by atoms with Crippen molar-refractivity contribution in [3.05, 3.63) is 83.9 Å². The predicted molar refractivity (Wildman–Crippen MR) is 155 cm³/mol. The van der Waals surface area contributed by atoms with Gasteiger partial charge in [-0.05, 0) is 74.1 Å². The third kappa shape index (κ3) is 7.77. The van der Waals surface area contributed by atoms with Crippen LogP contribution in [0.5, 0.6) is 0 Å². The van der Waals surface area contributed by atoms with Crippen molar-refractivity contribution in [3.8, 4) is 11.1 Å². The highest BCUT2D eigenvalue weighted by Gasteiger charge is 2.30. The molecule has 1 saturated heterocycles. The van der Waals surface area contributed by atoms with Crippen LogP contribution < -0.4 is 10.0 Å². The van der Waals surface area contributed by atoms with Crippen molar-refractivity contribution < 1.29 is 22.3 Å². The fourth-order valence-corrected chi connectivity index (χ4v) is 6.74. The molecule has 8 nitrogen and oxygen atoms in total. The van der Waals surface area contributed by atoms with Gasteiger partial charge in [-0.3, -0.25) is 14.7 Å². The molecule has 2 N–H and O–H groups in total. The minimum absolute atomic E-state index is 0.0534. The number of carbonyl (C=O) groups is 1. The predicted octanol–water partition coefficient (Wildman–Crippen LogP) is 4.43. The molecule has 1 saturated carbocycles. The highest BCUT2D eigenvalue weighted by atomic mass is 32.2. The first-order valence-corrected chi connectivity index (χ1v) is 15.7. The molecule has 218 valence electrons. The molecule has 1 aliphatic carbocycles. The first kappa shape index (κ1) is 29.3. The average molecular weight is 581 g/mol. The van der Waals surface area contributed by atoms with E-state index in [9.17, 15) is 17.6 Å². The molecule has 0 radical (unpaired) electrons. The Bertz CT molecular complexity index is 1400. The molecule has 5 rings (SSSR count). The molecule has 41 heavy (non-hydrogen) atoms. The molecule has 1 aliphatic heterocycles. The maximum Gasteiger partial charge on any atom is 0.240 e. The molecule has 2 aliphatic rings. The zero-order chi connectivity index (χ0) is 28.8. The van der Waals surface area contributed by atoms with Crippen LogP contribution in [-0.2, 0) is 26.1 Å². The zero-order valence-electron chi connectivity index (χ0n) is 23.3. The van der Waals surface area contributed by atoms with E-state index < -0.39 is 10.0 Å². The van der Waals surface area contributed by atoms with Gasteiger partial charge >= 0.3 is 0 Å². The van der Waals surface area contributed by atoms with Gasteiger partial charge in [0, 0.05) is 43.4 Å². The molecule has 1 aromatic heterocycles. The lowest BCUT2D eigenvalue weighted by molar-refractivity contribution is -0.126. The van der Waals surface area contributed by atoms with Gasteiger partial charge < -0.3 is 10.1 Å². The van der Waals surface area contributed by atoms with Gasteiger partial charge in [0.15, 0.2) is 0 Å². The van der Waals surface area contributed by atoms with E-state index in [-0.39, 0.29) is 34.6 Å². The van der Waals surface area contributed by atoms with Gasteiger partial charge in [-0.25, -0.2) is 17.5 Å². The molecule has 0 unspecified atom stereocenters. The highest BCUT2D eigenvalue weighted by Crippen LogP contribution is 2.27. The Balaban J connectivity index is 1.11. The summed E-state index contributed by atoms with van der Waals surface area (Å²) in [5, 5.41) is 3.00. The number of hydrogen-bond acceptors (Lipinski definition) is 6. The van der Waals surface area contributed by atoms with Crippen LogP contribution in [0.2, 0.25) is 0 Å². The Morgan fingerprint density at radius 2 is 1.63 bits per heavy atom. The molecular weight excluding hydrogens is 543 g/mol. The smallest absolute Gasteiger partial charge is 0.240 e. The van der Waals surface area contributed by atoms with Gasteiger partial charge in [0.1, 0.15) is 5.82 Å². The second-order valence-corrected chi connectivity index (χ2v) is 12.6. The fourth-order valence-electron chi connectivity index (χ4n) is 5.43. The van der Waals surface area contributed by atoms with Crippen molar-refractivity contribution in [2.24, 2.45) is 5.92 Å². The molecule has 2 aromatic carbocycles. The number of pyridine rings is 1. The van der Waals surface area contributed by atoms with E-state index in [1.807, 2.05) is 25.3 Å². The molecule has 10 heteroatoms. The number of amides is 1. The van der Waals surface area contributed by atoms with Crippen LogP contribution in [0.1, 0.15) is 49.9 Å². The molecule has 1 atom stereocenters. The van der Waals surface area contributed by atoms with Crippen LogP contribution >= 0.6 is 0 Å². The van der Waals surface area contributed by atoms with Crippen LogP contribution in [0, 0.1) is 11.7 Å². The van der Waals surface area contributed by atoms with Crippen LogP contribution in [0.25, 0.3) is 11.1 Å². The van der Waals surface area contributed by atoms with Gasteiger partial charge in [-0.2, -0.15) is 0 Å². The molecule has 3 aromatic rings. The lowest BCUT2D eigenvalue weighted by atomic mass is 9.85. The second kappa shape index (κ2) is 13.2. The Morgan fingerprint density at radius 1 is 0.976 bits per heavy atom. The maximum atomic E-state index is 13.2. The van der Waals surface area contributed by atoms with Gasteiger partial charge in [0.2, 0.25) is 15.9 Å². The summed E-state index contributed by atoms with van der Waals surface area (Å²) in [6.07, 6.45) is 4.20. The number of nitrogens with zero attached hydrogens (tertiary/aromatic N) is 2. The molecule has 2 heterocycles. The Kier molecular flexibility index (Phi) is 9.44. The monoisotopic (exact) mass is 580 g/mol. The largest absolute Gasteiger partial charge is 0.379 e. The Morgan fingerprint density at radius 3 is 2.27 bits per heavy atom. The minimum Gasteiger partial charge on any atom is -0.379 e. The quantitative estimate of drug-likeness (QED) is 0.388. The van der Waals surface area contributed by atoms with Gasteiger partial charge in [0.05, 0.1) is 29.8 Å². The number of benzene rings is 2. The first-order chi connectivity index (χ1) is 19.8. The highest BCUT2D eigenvalue weighted by molar-refractivity contribution is 7.89. The normalized spacial score (nSPS) is 20.8. The van der Waals surface area contributed by atoms with E-state index in [2.05, 4.69) is 19.9 Å². The number of rotatable bonds is 9. The number of carbonyl (C=O) groups excluding carboxylic acids is 1. The summed E-state index contributed by atoms with van der Waals surface area (Å²) in [7, 11) is -3.69. The van der Waals surface area contributed by atoms with Crippen molar-refractivity contribution in [3.63, 3.8) is 0 Å². The molecule has 1 amide bonds. The van der Waals surface area contributed by atoms with E-state index in [1.165, 1.54) is 12.1 Å². The van der Waals surface area contributed by atoms with E-state index in [0.717, 1.165) is 55.2 Å². The third-order valence-electron chi connectivity index (χ3n) is 7.96. The van der Waals surface area contributed by atoms with Gasteiger partial charge in [-0.15, -0.1) is 0 Å². The van der Waals surface area contributed by atoms with Crippen LogP contribution in [0.4, 0.5) is 4.39 Å². The summed E-state index contributed by atoms with van der Waals surface area (Å²) in [6, 6.07) is 16.5. The SMILES string of the molecule is C[C@@H](NC(=O)C1CCC(NS(=O)(=O)c2ccc(-c3ccc(CN4CCOCC4)nc3)cc2)CC1)c1ccc(F)cc1. The van der Waals surface area contributed by atoms with Crippen molar-refractivity contribution >= 4 is 15.9 Å². The molecular formula is C31H37FN4O4S. The number of aromatic nitrogens is 1. The van der Waals surface area contributed by atoms with E-state index in [4.69, 9.17) is 4.74 Å². The molecule has 2 fully saturated rings. The zero-order valence-corrected chi connectivity index (χ0v) is 24.1. The Hall–Kier alpha value is -3.18.